The second-order valence-corrected chi connectivity index (χ2v) is 21.3. The Morgan fingerprint density at radius 1 is 0.718 bits per heavy atom. The third kappa shape index (κ3) is 3.44. The van der Waals surface area contributed by atoms with Gasteiger partial charge in [0.05, 0.1) is 0 Å². The summed E-state index contributed by atoms with van der Waals surface area (Å²) in [6, 6.07) is 33.8. The summed E-state index contributed by atoms with van der Waals surface area (Å²) in [5.74, 6) is 5.08. The van der Waals surface area contributed by atoms with Crippen LogP contribution in [0.5, 0.6) is 0 Å². The van der Waals surface area contributed by atoms with Crippen LogP contribution in [0.1, 0.15) is 30.5 Å². The summed E-state index contributed by atoms with van der Waals surface area (Å²) in [5.41, 5.74) is 10.8. The monoisotopic (exact) mass is 570 g/mol. The van der Waals surface area contributed by atoms with Crippen LogP contribution in [0.25, 0.3) is 44.3 Å². The average molecular weight is 569 g/mol. The topological polar surface area (TPSA) is 17.0 Å². The van der Waals surface area contributed by atoms with E-state index < -0.39 is 13.3 Å². The molecule has 39 heavy (non-hydrogen) atoms. The van der Waals surface area contributed by atoms with Crippen LogP contribution in [0.4, 0.5) is 0 Å². The molecule has 0 atom stereocenters. The Hall–Kier alpha value is -3.63. The molecule has 6 aromatic rings. The van der Waals surface area contributed by atoms with E-state index in [-0.39, 0.29) is 5.41 Å². The molecule has 0 N–H and O–H groups in total. The van der Waals surface area contributed by atoms with Crippen molar-refractivity contribution in [1.82, 2.24) is 0 Å². The molecule has 0 spiro atoms. The Morgan fingerprint density at radius 3 is 2.28 bits per heavy atom. The zero-order chi connectivity index (χ0) is 27.1. The summed E-state index contributed by atoms with van der Waals surface area (Å²) in [6.07, 6.45) is 2.10. The van der Waals surface area contributed by atoms with Crippen molar-refractivity contribution in [1.29, 1.82) is 0 Å². The molecule has 2 aromatic heterocycles. The van der Waals surface area contributed by atoms with E-state index in [0.717, 1.165) is 28.0 Å². The number of hydrogen-bond donors (Lipinski definition) is 0. The van der Waals surface area contributed by atoms with Crippen LogP contribution < -0.4 is 13.4 Å². The van der Waals surface area contributed by atoms with Gasteiger partial charge in [-0.2, -0.15) is 0 Å². The molecule has 0 saturated heterocycles. The van der Waals surface area contributed by atoms with Gasteiger partial charge in [0.2, 0.25) is 0 Å². The summed E-state index contributed by atoms with van der Waals surface area (Å²) >= 11 is -2.42. The van der Waals surface area contributed by atoms with Crippen LogP contribution in [-0.4, -0.2) is 13.3 Å². The Kier molecular flexibility index (Phi) is 5.28. The van der Waals surface area contributed by atoms with E-state index in [1.54, 1.807) is 8.79 Å². The SMILES string of the molecule is Cc1ccc2c(oc3c(-c4cc[c]5c(c4)C(C)(C)c4cccc[c]4[Ge]5([CH3])[CH3])cccc32)c1-c1cccc[n+]1C. The summed E-state index contributed by atoms with van der Waals surface area (Å²) in [7, 11) is 2.10. The molecule has 1 aliphatic rings. The predicted octanol–water partition coefficient (Wildman–Crippen LogP) is 7.51. The Bertz CT molecular complexity index is 1940. The van der Waals surface area contributed by atoms with Crippen molar-refractivity contribution >= 4 is 44.0 Å². The molecule has 0 amide bonds. The molecule has 192 valence electrons. The maximum absolute atomic E-state index is 6.85. The molecule has 0 radical (unpaired) electrons. The minimum atomic E-state index is -2.42. The fourth-order valence-corrected chi connectivity index (χ4v) is 14.1. The second-order valence-electron chi connectivity index (χ2n) is 12.2. The van der Waals surface area contributed by atoms with E-state index in [2.05, 4.69) is 141 Å². The van der Waals surface area contributed by atoms with E-state index in [1.807, 2.05) is 0 Å². The zero-order valence-corrected chi connectivity index (χ0v) is 25.7. The van der Waals surface area contributed by atoms with E-state index in [4.69, 9.17) is 4.42 Å². The average Bonchev–Trinajstić information content (AvgIpc) is 3.31. The van der Waals surface area contributed by atoms with E-state index in [0.29, 0.717) is 0 Å². The van der Waals surface area contributed by atoms with Crippen molar-refractivity contribution in [2.45, 2.75) is 37.7 Å². The quantitative estimate of drug-likeness (QED) is 0.156. The van der Waals surface area contributed by atoms with E-state index in [9.17, 15) is 0 Å². The number of para-hydroxylation sites is 1. The molecule has 0 saturated carbocycles. The fourth-order valence-electron chi connectivity index (χ4n) is 6.93. The summed E-state index contributed by atoms with van der Waals surface area (Å²) < 4.78 is 12.2. The fraction of sp³-hybridized carbons (Fsp3) is 0.194. The molecule has 0 bridgehead atoms. The van der Waals surface area contributed by atoms with Gasteiger partial charge >= 0.3 is 228 Å². The summed E-state index contributed by atoms with van der Waals surface area (Å²) in [4.78, 5) is 0. The Balaban J connectivity index is 1.48. The number of rotatable bonds is 2. The molecule has 0 fully saturated rings. The van der Waals surface area contributed by atoms with Crippen molar-refractivity contribution < 1.29 is 8.98 Å². The van der Waals surface area contributed by atoms with Crippen LogP contribution in [0.3, 0.4) is 0 Å². The second kappa shape index (κ2) is 8.43. The first kappa shape index (κ1) is 24.4. The van der Waals surface area contributed by atoms with Crippen molar-refractivity contribution in [3.8, 4) is 22.4 Å². The molecule has 4 aromatic carbocycles. The first-order chi connectivity index (χ1) is 18.7. The first-order valence-corrected chi connectivity index (χ1v) is 20.1. The number of fused-ring (bicyclic) bond motifs is 5. The number of aromatic nitrogens is 1. The van der Waals surface area contributed by atoms with Gasteiger partial charge in [0, 0.05) is 6.07 Å². The Morgan fingerprint density at radius 2 is 1.46 bits per heavy atom. The van der Waals surface area contributed by atoms with Gasteiger partial charge in [-0.15, -0.1) is 0 Å². The van der Waals surface area contributed by atoms with Crippen LogP contribution in [-0.2, 0) is 12.5 Å². The van der Waals surface area contributed by atoms with Crippen molar-refractivity contribution in [2.24, 2.45) is 7.05 Å². The molecule has 2 nitrogen and oxygen atoms in total. The molecule has 0 aliphatic carbocycles. The predicted molar refractivity (Wildman–Crippen MR) is 166 cm³/mol. The van der Waals surface area contributed by atoms with Gasteiger partial charge in [0.15, 0.2) is 0 Å². The van der Waals surface area contributed by atoms with Crippen molar-refractivity contribution in [2.75, 3.05) is 0 Å². The van der Waals surface area contributed by atoms with Gasteiger partial charge < -0.3 is 0 Å². The normalized spacial score (nSPS) is 15.3. The number of aryl methyl sites for hydroxylation is 2. The van der Waals surface area contributed by atoms with Crippen molar-refractivity contribution in [3.63, 3.8) is 0 Å². The van der Waals surface area contributed by atoms with Crippen molar-refractivity contribution in [3.05, 3.63) is 114 Å². The number of pyridine rings is 1. The molecule has 0 unspecified atom stereocenters. The van der Waals surface area contributed by atoms with E-state index in [1.165, 1.54) is 33.0 Å². The molecular weight excluding hydrogens is 535 g/mol. The van der Waals surface area contributed by atoms with Gasteiger partial charge in [-0.05, 0) is 0 Å². The first-order valence-electron chi connectivity index (χ1n) is 13.8. The van der Waals surface area contributed by atoms with Gasteiger partial charge in [-0.25, -0.2) is 0 Å². The van der Waals surface area contributed by atoms with Gasteiger partial charge in [0.1, 0.15) is 0 Å². The molecule has 1 aliphatic heterocycles. The summed E-state index contributed by atoms with van der Waals surface area (Å²) in [5, 5.41) is 2.34. The molecule has 7 rings (SSSR count). The van der Waals surface area contributed by atoms with E-state index >= 15 is 0 Å². The zero-order valence-electron chi connectivity index (χ0n) is 23.6. The maximum atomic E-state index is 6.85. The van der Waals surface area contributed by atoms with Crippen LogP contribution >= 0.6 is 0 Å². The molecular formula is C36H34GeNO+. The standard InChI is InChI=1S/C36H34GeNO/c1-23-17-19-27-26-13-11-12-25(34(26)39-35(27)33(23)32-16-9-10-21-38(32)6)24-18-20-31-29(22-24)36(2,3)28-14-7-8-15-30(28)37(31,4)5/h7-22H,1-6H3/q+1. The number of nitrogens with zero attached hydrogens (tertiary/aromatic N) is 1. The van der Waals surface area contributed by atoms with Crippen LogP contribution in [0, 0.1) is 6.92 Å². The number of benzene rings is 4. The van der Waals surface area contributed by atoms with Crippen LogP contribution in [0.15, 0.2) is 102 Å². The minimum absolute atomic E-state index is 0.0448. The molecule has 3 heteroatoms. The molecule has 3 heterocycles. The van der Waals surface area contributed by atoms with Gasteiger partial charge in [0.25, 0.3) is 0 Å². The third-order valence-electron chi connectivity index (χ3n) is 9.14. The van der Waals surface area contributed by atoms with Gasteiger partial charge in [-0.3, -0.25) is 0 Å². The van der Waals surface area contributed by atoms with Crippen LogP contribution in [0.2, 0.25) is 11.5 Å². The number of hydrogen-bond acceptors (Lipinski definition) is 1. The third-order valence-corrected chi connectivity index (χ3v) is 16.6. The Labute approximate surface area is 233 Å². The van der Waals surface area contributed by atoms with Gasteiger partial charge in [-0.1, -0.05) is 0 Å². The summed E-state index contributed by atoms with van der Waals surface area (Å²) in [6.45, 7) is 6.96. The number of furan rings is 1.